The Morgan fingerprint density at radius 2 is 2.13 bits per heavy atom. The zero-order chi connectivity index (χ0) is 21.1. The van der Waals surface area contributed by atoms with Crippen LogP contribution >= 0.6 is 15.9 Å². The van der Waals surface area contributed by atoms with Gasteiger partial charge in [0.15, 0.2) is 5.69 Å². The molecule has 2 aromatic rings. The van der Waals surface area contributed by atoms with Crippen molar-refractivity contribution < 1.29 is 19.4 Å². The van der Waals surface area contributed by atoms with Crippen LogP contribution in [0, 0.1) is 5.92 Å². The normalized spacial score (nSPS) is 21.1. The van der Waals surface area contributed by atoms with E-state index in [1.54, 1.807) is 12.1 Å². The van der Waals surface area contributed by atoms with E-state index in [0.29, 0.717) is 5.69 Å². The van der Waals surface area contributed by atoms with Gasteiger partial charge in [0.1, 0.15) is 0 Å². The topological polar surface area (TPSA) is 96.3 Å². The third-order valence-electron chi connectivity index (χ3n) is 5.32. The zero-order valence-electron chi connectivity index (χ0n) is 16.5. The molecular weight excluding hydrogens is 452 g/mol. The summed E-state index contributed by atoms with van der Waals surface area (Å²) >= 11 is 3.55. The number of hydrogen-bond acceptors (Lipinski definition) is 7. The Hall–Kier alpha value is -2.49. The molecule has 3 heterocycles. The van der Waals surface area contributed by atoms with Crippen molar-refractivity contribution in [1.82, 2.24) is 9.88 Å². The second kappa shape index (κ2) is 9.11. The van der Waals surface area contributed by atoms with E-state index in [2.05, 4.69) is 36.1 Å². The van der Waals surface area contributed by atoms with Gasteiger partial charge in [0.05, 0.1) is 37.7 Å². The van der Waals surface area contributed by atoms with Gasteiger partial charge in [-0.3, -0.25) is 9.89 Å². The number of aliphatic imine (C=N–C) groups is 1. The molecule has 8 nitrogen and oxygen atoms in total. The molecule has 0 spiro atoms. The molecule has 0 saturated carbocycles. The number of hydrogen-bond donors (Lipinski definition) is 2. The van der Waals surface area contributed by atoms with Crippen LogP contribution in [0.25, 0.3) is 0 Å². The van der Waals surface area contributed by atoms with E-state index in [1.165, 1.54) is 7.11 Å². The molecule has 1 fully saturated rings. The number of nitrogens with one attached hydrogen (secondary N) is 1. The van der Waals surface area contributed by atoms with E-state index in [1.807, 2.05) is 24.4 Å². The highest BCUT2D eigenvalue weighted by atomic mass is 79.9. The van der Waals surface area contributed by atoms with Crippen LogP contribution in [0.2, 0.25) is 0 Å². The number of anilines is 1. The van der Waals surface area contributed by atoms with Crippen molar-refractivity contribution in [2.75, 3.05) is 45.3 Å². The summed E-state index contributed by atoms with van der Waals surface area (Å²) in [6.07, 6.45) is 1.96. The molecule has 0 amide bonds. The number of nitrogens with zero attached hydrogens (tertiary/aromatic N) is 3. The number of fused-ring (bicyclic) bond motifs is 1. The van der Waals surface area contributed by atoms with Gasteiger partial charge < -0.3 is 19.9 Å². The van der Waals surface area contributed by atoms with Gasteiger partial charge in [0.25, 0.3) is 0 Å². The minimum Gasteiger partial charge on any atom is -0.481 e. The third-order valence-corrected chi connectivity index (χ3v) is 5.82. The van der Waals surface area contributed by atoms with Crippen molar-refractivity contribution in [1.29, 1.82) is 0 Å². The maximum Gasteiger partial charge on any atom is 0.356 e. The average Bonchev–Trinajstić information content (AvgIpc) is 2.76. The summed E-state index contributed by atoms with van der Waals surface area (Å²) < 4.78 is 11.5. The number of pyridine rings is 1. The number of carboxylic acids is 1. The Morgan fingerprint density at radius 3 is 2.87 bits per heavy atom. The van der Waals surface area contributed by atoms with Gasteiger partial charge in [-0.1, -0.05) is 15.9 Å². The van der Waals surface area contributed by atoms with Gasteiger partial charge in [-0.25, -0.2) is 9.78 Å². The molecule has 2 aliphatic rings. The van der Waals surface area contributed by atoms with E-state index in [-0.39, 0.29) is 23.5 Å². The van der Waals surface area contributed by atoms with Crippen LogP contribution in [0.5, 0.6) is 5.88 Å². The number of rotatable bonds is 6. The monoisotopic (exact) mass is 474 g/mol. The fourth-order valence-corrected chi connectivity index (χ4v) is 4.18. The van der Waals surface area contributed by atoms with Crippen LogP contribution in [0.1, 0.15) is 22.1 Å². The van der Waals surface area contributed by atoms with Crippen LogP contribution < -0.4 is 10.1 Å². The maximum atomic E-state index is 11.8. The van der Waals surface area contributed by atoms with Crippen molar-refractivity contribution >= 4 is 39.5 Å². The van der Waals surface area contributed by atoms with Gasteiger partial charge >= 0.3 is 5.97 Å². The van der Waals surface area contributed by atoms with Crippen molar-refractivity contribution in [2.45, 2.75) is 6.04 Å². The number of methoxy groups -OCH3 is 1. The molecule has 0 aliphatic carbocycles. The summed E-state index contributed by atoms with van der Waals surface area (Å²) in [5.41, 5.74) is 2.25. The van der Waals surface area contributed by atoms with E-state index in [9.17, 15) is 9.90 Å². The summed E-state index contributed by atoms with van der Waals surface area (Å²) in [5, 5.41) is 13.1. The Bertz CT molecular complexity index is 962. The average molecular weight is 475 g/mol. The van der Waals surface area contributed by atoms with Crippen molar-refractivity contribution in [2.24, 2.45) is 10.9 Å². The molecule has 2 unspecified atom stereocenters. The summed E-state index contributed by atoms with van der Waals surface area (Å²) in [6.45, 7) is 3.97. The first-order valence-corrected chi connectivity index (χ1v) is 10.5. The number of benzene rings is 1. The van der Waals surface area contributed by atoms with Crippen molar-refractivity contribution in [3.05, 3.63) is 46.1 Å². The zero-order valence-corrected chi connectivity index (χ0v) is 18.1. The fraction of sp³-hybridized carbons (Fsp3) is 0.381. The highest BCUT2D eigenvalue weighted by molar-refractivity contribution is 9.10. The standard InChI is InChI=1S/C21H23BrN4O4/c1-29-18-5-4-17(20(25-18)21(27)28)24-19-13(12-26-6-8-30-9-7-26)11-23-16-3-2-14(22)10-15(16)19/h2-5,10-11,13,19,24H,6-9,12H2,1H3,(H,27,28). The Kier molecular flexibility index (Phi) is 6.31. The van der Waals surface area contributed by atoms with Gasteiger partial charge in [0.2, 0.25) is 5.88 Å². The highest BCUT2D eigenvalue weighted by Crippen LogP contribution is 2.39. The molecule has 2 N–H and O–H groups in total. The molecule has 1 saturated heterocycles. The van der Waals surface area contributed by atoms with E-state index in [4.69, 9.17) is 9.47 Å². The number of aromatic nitrogens is 1. The molecule has 9 heteroatoms. The summed E-state index contributed by atoms with van der Waals surface area (Å²) in [5.74, 6) is -0.801. The van der Waals surface area contributed by atoms with Crippen molar-refractivity contribution in [3.63, 3.8) is 0 Å². The first kappa shape index (κ1) is 20.8. The van der Waals surface area contributed by atoms with Gasteiger partial charge in [0, 0.05) is 47.9 Å². The molecule has 2 atom stereocenters. The Labute approximate surface area is 183 Å². The molecule has 30 heavy (non-hydrogen) atoms. The van der Waals surface area contributed by atoms with E-state index in [0.717, 1.165) is 48.6 Å². The third kappa shape index (κ3) is 4.48. The lowest BCUT2D eigenvalue weighted by Crippen LogP contribution is -2.42. The first-order chi connectivity index (χ1) is 14.5. The molecule has 1 aromatic heterocycles. The quantitative estimate of drug-likeness (QED) is 0.662. The molecule has 4 rings (SSSR count). The summed E-state index contributed by atoms with van der Waals surface area (Å²) in [4.78, 5) is 22.9. The molecule has 0 radical (unpaired) electrons. The molecule has 158 valence electrons. The fourth-order valence-electron chi connectivity index (χ4n) is 3.81. The minimum absolute atomic E-state index is 0.0497. The second-order valence-corrected chi connectivity index (χ2v) is 8.15. The number of halogens is 1. The van der Waals surface area contributed by atoms with Crippen molar-refractivity contribution in [3.8, 4) is 5.88 Å². The molecule has 0 bridgehead atoms. The molecule has 1 aromatic carbocycles. The molecular formula is C21H23BrN4O4. The highest BCUT2D eigenvalue weighted by Gasteiger charge is 2.31. The lowest BCUT2D eigenvalue weighted by molar-refractivity contribution is 0.0336. The van der Waals surface area contributed by atoms with E-state index < -0.39 is 5.97 Å². The largest absolute Gasteiger partial charge is 0.481 e. The number of morpholine rings is 1. The minimum atomic E-state index is -1.11. The number of aromatic carboxylic acids is 1. The first-order valence-electron chi connectivity index (χ1n) is 9.74. The van der Waals surface area contributed by atoms with Gasteiger partial charge in [-0.05, 0) is 24.3 Å². The SMILES string of the molecule is COc1ccc(NC2c3cc(Br)ccc3N=CC2CN2CCOCC2)c(C(=O)O)n1. The Morgan fingerprint density at radius 1 is 1.33 bits per heavy atom. The smallest absolute Gasteiger partial charge is 0.356 e. The van der Waals surface area contributed by atoms with E-state index >= 15 is 0 Å². The maximum absolute atomic E-state index is 11.8. The van der Waals surface area contributed by atoms with Crippen LogP contribution in [0.15, 0.2) is 39.8 Å². The lowest BCUT2D eigenvalue weighted by atomic mass is 9.89. The summed E-state index contributed by atoms with van der Waals surface area (Å²) in [6, 6.07) is 9.14. The number of carbonyl (C=O) groups is 1. The number of carboxylic acid groups (broad SMARTS) is 1. The Balaban J connectivity index is 1.68. The van der Waals surface area contributed by atoms with Gasteiger partial charge in [-0.15, -0.1) is 0 Å². The van der Waals surface area contributed by atoms with Crippen LogP contribution in [-0.4, -0.2) is 67.1 Å². The molecule has 2 aliphatic heterocycles. The van der Waals surface area contributed by atoms with Crippen LogP contribution in [-0.2, 0) is 4.74 Å². The van der Waals surface area contributed by atoms with Crippen LogP contribution in [0.3, 0.4) is 0 Å². The number of ether oxygens (including phenoxy) is 2. The van der Waals surface area contributed by atoms with Gasteiger partial charge in [-0.2, -0.15) is 0 Å². The van der Waals surface area contributed by atoms with Crippen LogP contribution in [0.4, 0.5) is 11.4 Å². The second-order valence-electron chi connectivity index (χ2n) is 7.24. The lowest BCUT2D eigenvalue weighted by Gasteiger charge is -2.35. The summed E-state index contributed by atoms with van der Waals surface area (Å²) in [7, 11) is 1.46. The predicted octanol–water partition coefficient (Wildman–Crippen LogP) is 3.37. The predicted molar refractivity (Wildman–Crippen MR) is 117 cm³/mol.